The summed E-state index contributed by atoms with van der Waals surface area (Å²) in [4.78, 5) is 10.9. The molecule has 0 saturated heterocycles. The van der Waals surface area contributed by atoms with Crippen molar-refractivity contribution in [3.05, 3.63) is 29.6 Å². The maximum atomic E-state index is 13.0. The van der Waals surface area contributed by atoms with Crippen molar-refractivity contribution >= 4 is 17.7 Å². The normalized spacial score (nSPS) is 9.94. The smallest absolute Gasteiger partial charge is 0.315 e. The Morgan fingerprint density at radius 3 is 2.81 bits per heavy atom. The summed E-state index contributed by atoms with van der Waals surface area (Å²) in [5.74, 6) is 0.778. The summed E-state index contributed by atoms with van der Waals surface area (Å²) in [5, 5.41) is 0. The molecule has 0 fully saturated rings. The van der Waals surface area contributed by atoms with Crippen LogP contribution in [0.2, 0.25) is 0 Å². The molecule has 3 nitrogen and oxygen atoms in total. The molecule has 0 saturated carbocycles. The lowest BCUT2D eigenvalue weighted by molar-refractivity contribution is -0.137. The van der Waals surface area contributed by atoms with Crippen LogP contribution in [0.25, 0.3) is 0 Å². The summed E-state index contributed by atoms with van der Waals surface area (Å²) in [7, 11) is 2.87. The fraction of sp³-hybridized carbons (Fsp3) is 0.364. The van der Waals surface area contributed by atoms with Crippen LogP contribution in [0.15, 0.2) is 18.2 Å². The van der Waals surface area contributed by atoms with Crippen LogP contribution in [-0.2, 0) is 15.3 Å². The highest BCUT2D eigenvalue weighted by atomic mass is 32.2. The first-order chi connectivity index (χ1) is 7.67. The number of hydrogen-bond donors (Lipinski definition) is 0. The summed E-state index contributed by atoms with van der Waals surface area (Å²) < 4.78 is 22.6. The number of halogens is 1. The van der Waals surface area contributed by atoms with E-state index in [9.17, 15) is 9.18 Å². The topological polar surface area (TPSA) is 35.5 Å². The van der Waals surface area contributed by atoms with Crippen LogP contribution >= 0.6 is 11.8 Å². The zero-order valence-corrected chi connectivity index (χ0v) is 9.97. The number of rotatable bonds is 5. The Hall–Kier alpha value is -1.23. The number of ether oxygens (including phenoxy) is 2. The second-order valence-electron chi connectivity index (χ2n) is 3.03. The maximum Gasteiger partial charge on any atom is 0.315 e. The number of benzene rings is 1. The molecule has 0 atom stereocenters. The van der Waals surface area contributed by atoms with E-state index >= 15 is 0 Å². The first kappa shape index (κ1) is 12.8. The lowest BCUT2D eigenvalue weighted by Gasteiger charge is -2.07. The number of esters is 1. The fourth-order valence-electron chi connectivity index (χ4n) is 1.16. The van der Waals surface area contributed by atoms with Gasteiger partial charge in [0, 0.05) is 11.3 Å². The average molecular weight is 244 g/mol. The van der Waals surface area contributed by atoms with Crippen LogP contribution < -0.4 is 4.74 Å². The number of thioether (sulfide) groups is 1. The van der Waals surface area contributed by atoms with Gasteiger partial charge >= 0.3 is 5.97 Å². The monoisotopic (exact) mass is 244 g/mol. The Morgan fingerprint density at radius 1 is 1.44 bits per heavy atom. The van der Waals surface area contributed by atoms with Gasteiger partial charge in [-0.05, 0) is 18.2 Å². The molecule has 1 rings (SSSR count). The molecule has 0 aliphatic carbocycles. The van der Waals surface area contributed by atoms with Crippen LogP contribution in [0.5, 0.6) is 5.75 Å². The summed E-state index contributed by atoms with van der Waals surface area (Å²) in [6.07, 6.45) is 0. The molecule has 1 aromatic rings. The van der Waals surface area contributed by atoms with Gasteiger partial charge in [0.15, 0.2) is 0 Å². The van der Waals surface area contributed by atoms with Crippen molar-refractivity contribution in [1.29, 1.82) is 0 Å². The maximum absolute atomic E-state index is 13.0. The summed E-state index contributed by atoms with van der Waals surface area (Å²) in [6, 6.07) is 4.32. The summed E-state index contributed by atoms with van der Waals surface area (Å²) in [6.45, 7) is 0. The molecule has 0 amide bonds. The molecule has 0 heterocycles. The second-order valence-corrected chi connectivity index (χ2v) is 4.01. The zero-order chi connectivity index (χ0) is 12.0. The molecule has 5 heteroatoms. The minimum absolute atomic E-state index is 0.246. The lowest BCUT2D eigenvalue weighted by atomic mass is 10.2. The third kappa shape index (κ3) is 3.73. The lowest BCUT2D eigenvalue weighted by Crippen LogP contribution is -2.03. The summed E-state index contributed by atoms with van der Waals surface area (Å²) in [5.41, 5.74) is 0.733. The molecule has 0 aliphatic heterocycles. The van der Waals surface area contributed by atoms with Gasteiger partial charge < -0.3 is 9.47 Å². The standard InChI is InChI=1S/C11H13FO3S/c1-14-10-4-3-9(12)5-8(10)6-16-7-11(13)15-2/h3-5H,6-7H2,1-2H3. The van der Waals surface area contributed by atoms with E-state index in [0.717, 1.165) is 5.56 Å². The minimum Gasteiger partial charge on any atom is -0.496 e. The van der Waals surface area contributed by atoms with E-state index in [1.54, 1.807) is 6.07 Å². The van der Waals surface area contributed by atoms with E-state index < -0.39 is 0 Å². The van der Waals surface area contributed by atoms with Crippen molar-refractivity contribution < 1.29 is 18.7 Å². The van der Waals surface area contributed by atoms with Crippen molar-refractivity contribution in [1.82, 2.24) is 0 Å². The fourth-order valence-corrected chi connectivity index (χ4v) is 2.00. The molecular weight excluding hydrogens is 231 g/mol. The van der Waals surface area contributed by atoms with Crippen LogP contribution in [0.4, 0.5) is 4.39 Å². The number of carbonyl (C=O) groups excluding carboxylic acids is 1. The SMILES string of the molecule is COC(=O)CSCc1cc(F)ccc1OC. The highest BCUT2D eigenvalue weighted by molar-refractivity contribution is 7.99. The van der Waals surface area contributed by atoms with Gasteiger partial charge in [0.2, 0.25) is 0 Å². The first-order valence-corrected chi connectivity index (χ1v) is 5.80. The predicted octanol–water partition coefficient (Wildman–Crippen LogP) is 2.24. The van der Waals surface area contributed by atoms with Gasteiger partial charge in [-0.2, -0.15) is 0 Å². The van der Waals surface area contributed by atoms with Crippen LogP contribution in [0, 0.1) is 5.82 Å². The average Bonchev–Trinajstić information content (AvgIpc) is 2.29. The third-order valence-corrected chi connectivity index (χ3v) is 2.90. The van der Waals surface area contributed by atoms with E-state index in [2.05, 4.69) is 4.74 Å². The van der Waals surface area contributed by atoms with Gasteiger partial charge in [-0.15, -0.1) is 11.8 Å². The Balaban J connectivity index is 2.58. The van der Waals surface area contributed by atoms with Gasteiger partial charge in [-0.1, -0.05) is 0 Å². The van der Waals surface area contributed by atoms with Crippen LogP contribution in [-0.4, -0.2) is 25.9 Å². The number of carbonyl (C=O) groups is 1. The molecule has 0 radical (unpaired) electrons. The van der Waals surface area contributed by atoms with Gasteiger partial charge in [-0.3, -0.25) is 4.79 Å². The highest BCUT2D eigenvalue weighted by Gasteiger charge is 2.06. The molecule has 0 bridgehead atoms. The zero-order valence-electron chi connectivity index (χ0n) is 9.16. The Morgan fingerprint density at radius 2 is 2.19 bits per heavy atom. The van der Waals surface area contributed by atoms with Gasteiger partial charge in [0.05, 0.1) is 20.0 Å². The Bertz CT molecular complexity index is 368. The molecule has 0 unspecified atom stereocenters. The molecule has 1 aromatic carbocycles. The van der Waals surface area contributed by atoms with E-state index in [1.807, 2.05) is 0 Å². The van der Waals surface area contributed by atoms with Gasteiger partial charge in [0.25, 0.3) is 0 Å². The molecule has 0 spiro atoms. The van der Waals surface area contributed by atoms with Crippen LogP contribution in [0.3, 0.4) is 0 Å². The van der Waals surface area contributed by atoms with Gasteiger partial charge in [-0.25, -0.2) is 4.39 Å². The second kappa shape index (κ2) is 6.37. The van der Waals surface area contributed by atoms with E-state index in [-0.39, 0.29) is 17.5 Å². The van der Waals surface area contributed by atoms with Gasteiger partial charge in [0.1, 0.15) is 11.6 Å². The third-order valence-electron chi connectivity index (χ3n) is 1.95. The molecule has 0 aromatic heterocycles. The van der Waals surface area contributed by atoms with Crippen molar-refractivity contribution in [3.8, 4) is 5.75 Å². The first-order valence-electron chi connectivity index (χ1n) is 4.64. The highest BCUT2D eigenvalue weighted by Crippen LogP contribution is 2.24. The van der Waals surface area contributed by atoms with Crippen molar-refractivity contribution in [2.24, 2.45) is 0 Å². The van der Waals surface area contributed by atoms with E-state index in [0.29, 0.717) is 11.5 Å². The predicted molar refractivity (Wildman–Crippen MR) is 61.1 cm³/mol. The van der Waals surface area contributed by atoms with E-state index in [1.165, 1.54) is 38.1 Å². The van der Waals surface area contributed by atoms with Crippen LogP contribution in [0.1, 0.15) is 5.56 Å². The molecular formula is C11H13FO3S. The van der Waals surface area contributed by atoms with E-state index in [4.69, 9.17) is 4.74 Å². The minimum atomic E-state index is -0.311. The molecule has 88 valence electrons. The Labute approximate surface area is 97.9 Å². The largest absolute Gasteiger partial charge is 0.496 e. The van der Waals surface area contributed by atoms with Crippen molar-refractivity contribution in [3.63, 3.8) is 0 Å². The van der Waals surface area contributed by atoms with Crippen molar-refractivity contribution in [2.75, 3.05) is 20.0 Å². The summed E-state index contributed by atoms with van der Waals surface area (Å²) >= 11 is 1.36. The quantitative estimate of drug-likeness (QED) is 0.744. The molecule has 16 heavy (non-hydrogen) atoms. The van der Waals surface area contributed by atoms with Crippen molar-refractivity contribution in [2.45, 2.75) is 5.75 Å². The Kier molecular flexibility index (Phi) is 5.11. The number of methoxy groups -OCH3 is 2. The molecule has 0 N–H and O–H groups in total. The number of hydrogen-bond acceptors (Lipinski definition) is 4. The molecule has 0 aliphatic rings.